The fraction of sp³-hybridized carbons (Fsp3) is 0.0952. The topological polar surface area (TPSA) is 90.7 Å². The van der Waals surface area contributed by atoms with Gasteiger partial charge in [-0.15, -0.1) is 0 Å². The molecule has 0 saturated heterocycles. The van der Waals surface area contributed by atoms with Crippen molar-refractivity contribution in [3.05, 3.63) is 86.9 Å². The van der Waals surface area contributed by atoms with Crippen molar-refractivity contribution in [1.82, 2.24) is 0 Å². The zero-order valence-corrected chi connectivity index (χ0v) is 17.0. The number of rotatable bonds is 7. The maximum atomic E-state index is 12.2. The molecule has 0 aromatic heterocycles. The summed E-state index contributed by atoms with van der Waals surface area (Å²) in [6.07, 6.45) is 0. The number of anilines is 1. The average Bonchev–Trinajstić information content (AvgIpc) is 2.69. The van der Waals surface area contributed by atoms with E-state index in [1.807, 2.05) is 25.1 Å². The highest BCUT2D eigenvalue weighted by Gasteiger charge is 2.14. The smallest absolute Gasteiger partial charge is 0.275 e. The summed E-state index contributed by atoms with van der Waals surface area (Å²) in [5, 5.41) is 13.8. The van der Waals surface area contributed by atoms with Crippen LogP contribution in [0.5, 0.6) is 17.2 Å². The highest BCUT2D eigenvalue weighted by molar-refractivity contribution is 9.10. The SMILES string of the molecule is Cc1ccccc1OCC(=O)Nc1cc(Oc2ccc(Br)cc2)cc([N+](=O)[O-])c1. The molecule has 148 valence electrons. The summed E-state index contributed by atoms with van der Waals surface area (Å²) in [6.45, 7) is 1.65. The molecule has 3 aromatic carbocycles. The molecule has 29 heavy (non-hydrogen) atoms. The number of para-hydroxylation sites is 1. The Morgan fingerprint density at radius 1 is 1.07 bits per heavy atom. The van der Waals surface area contributed by atoms with Crippen LogP contribution in [0.1, 0.15) is 5.56 Å². The van der Waals surface area contributed by atoms with Crippen molar-refractivity contribution in [2.45, 2.75) is 6.92 Å². The summed E-state index contributed by atoms with van der Waals surface area (Å²) in [6, 6.07) is 18.4. The monoisotopic (exact) mass is 456 g/mol. The first kappa shape index (κ1) is 20.3. The van der Waals surface area contributed by atoms with Crippen LogP contribution in [0, 0.1) is 17.0 Å². The van der Waals surface area contributed by atoms with Crippen LogP contribution in [0.4, 0.5) is 11.4 Å². The normalized spacial score (nSPS) is 10.3. The summed E-state index contributed by atoms with van der Waals surface area (Å²) in [5.41, 5.74) is 0.945. The molecule has 1 amide bonds. The second-order valence-corrected chi connectivity index (χ2v) is 7.05. The van der Waals surface area contributed by atoms with Crippen LogP contribution in [0.3, 0.4) is 0 Å². The summed E-state index contributed by atoms with van der Waals surface area (Å²) >= 11 is 3.33. The second-order valence-electron chi connectivity index (χ2n) is 6.13. The third-order valence-corrected chi connectivity index (χ3v) is 4.42. The minimum atomic E-state index is -0.548. The fourth-order valence-electron chi connectivity index (χ4n) is 2.52. The van der Waals surface area contributed by atoms with Gasteiger partial charge in [0, 0.05) is 16.6 Å². The van der Waals surface area contributed by atoms with Crippen LogP contribution in [0.15, 0.2) is 71.2 Å². The van der Waals surface area contributed by atoms with Crippen molar-refractivity contribution >= 4 is 33.2 Å². The number of hydrogen-bond acceptors (Lipinski definition) is 5. The van der Waals surface area contributed by atoms with Gasteiger partial charge in [0.15, 0.2) is 6.61 Å². The van der Waals surface area contributed by atoms with E-state index < -0.39 is 10.8 Å². The second kappa shape index (κ2) is 9.20. The number of hydrogen-bond donors (Lipinski definition) is 1. The molecule has 8 heteroatoms. The molecule has 0 saturated carbocycles. The predicted molar refractivity (Wildman–Crippen MR) is 113 cm³/mol. The van der Waals surface area contributed by atoms with Gasteiger partial charge in [-0.1, -0.05) is 34.1 Å². The summed E-state index contributed by atoms with van der Waals surface area (Å²) < 4.78 is 12.1. The molecule has 0 spiro atoms. The van der Waals surface area contributed by atoms with Gasteiger partial charge in [-0.25, -0.2) is 0 Å². The number of nitro groups is 1. The molecule has 0 bridgehead atoms. The average molecular weight is 457 g/mol. The fourth-order valence-corrected chi connectivity index (χ4v) is 2.78. The number of amides is 1. The van der Waals surface area contributed by atoms with E-state index in [0.29, 0.717) is 11.5 Å². The van der Waals surface area contributed by atoms with E-state index >= 15 is 0 Å². The first-order valence-corrected chi connectivity index (χ1v) is 9.41. The molecule has 0 atom stereocenters. The number of nitro benzene ring substituents is 1. The molecule has 7 nitrogen and oxygen atoms in total. The van der Waals surface area contributed by atoms with Crippen LogP contribution < -0.4 is 14.8 Å². The van der Waals surface area contributed by atoms with Gasteiger partial charge >= 0.3 is 0 Å². The van der Waals surface area contributed by atoms with E-state index in [9.17, 15) is 14.9 Å². The Labute approximate surface area is 175 Å². The van der Waals surface area contributed by atoms with Crippen LogP contribution in [-0.2, 0) is 4.79 Å². The number of nitrogens with one attached hydrogen (secondary N) is 1. The minimum Gasteiger partial charge on any atom is -0.483 e. The van der Waals surface area contributed by atoms with Crippen LogP contribution in [-0.4, -0.2) is 17.4 Å². The number of aryl methyl sites for hydroxylation is 1. The standard InChI is InChI=1S/C21H17BrN2O5/c1-14-4-2-3-5-20(14)28-13-21(25)23-16-10-17(24(26)27)12-19(11-16)29-18-8-6-15(22)7-9-18/h2-12H,13H2,1H3,(H,23,25). The van der Waals surface area contributed by atoms with Gasteiger partial charge in [0.05, 0.1) is 16.7 Å². The highest BCUT2D eigenvalue weighted by atomic mass is 79.9. The molecule has 1 N–H and O–H groups in total. The van der Waals surface area contributed by atoms with Gasteiger partial charge in [0.25, 0.3) is 11.6 Å². The van der Waals surface area contributed by atoms with Crippen LogP contribution in [0.25, 0.3) is 0 Å². The van der Waals surface area contributed by atoms with Crippen molar-refractivity contribution in [3.63, 3.8) is 0 Å². The molecule has 0 unspecified atom stereocenters. The van der Waals surface area contributed by atoms with Crippen molar-refractivity contribution in [3.8, 4) is 17.2 Å². The van der Waals surface area contributed by atoms with Crippen LogP contribution in [0.2, 0.25) is 0 Å². The Balaban J connectivity index is 1.72. The summed E-state index contributed by atoms with van der Waals surface area (Å²) in [5.74, 6) is 0.898. The van der Waals surface area contributed by atoms with E-state index in [1.54, 1.807) is 30.3 Å². The van der Waals surface area contributed by atoms with E-state index in [4.69, 9.17) is 9.47 Å². The summed E-state index contributed by atoms with van der Waals surface area (Å²) in [7, 11) is 0. The van der Waals surface area contributed by atoms with Gasteiger partial charge in [0.1, 0.15) is 17.2 Å². The van der Waals surface area contributed by atoms with Crippen molar-refractivity contribution in [2.24, 2.45) is 0 Å². The number of carbonyl (C=O) groups is 1. The lowest BCUT2D eigenvalue weighted by molar-refractivity contribution is -0.384. The Hall–Kier alpha value is -3.39. The molecule has 0 radical (unpaired) electrons. The van der Waals surface area contributed by atoms with E-state index in [2.05, 4.69) is 21.2 Å². The first-order chi connectivity index (χ1) is 13.9. The molecule has 0 aliphatic heterocycles. The number of ether oxygens (including phenoxy) is 2. The largest absolute Gasteiger partial charge is 0.483 e. The van der Waals surface area contributed by atoms with Gasteiger partial charge in [-0.05, 0) is 42.8 Å². The number of halogens is 1. The zero-order chi connectivity index (χ0) is 20.8. The van der Waals surface area contributed by atoms with Gasteiger partial charge < -0.3 is 14.8 Å². The third-order valence-electron chi connectivity index (χ3n) is 3.89. The summed E-state index contributed by atoms with van der Waals surface area (Å²) in [4.78, 5) is 22.9. The lowest BCUT2D eigenvalue weighted by Crippen LogP contribution is -2.20. The van der Waals surface area contributed by atoms with Crippen LogP contribution >= 0.6 is 15.9 Å². The maximum absolute atomic E-state index is 12.2. The number of benzene rings is 3. The Morgan fingerprint density at radius 3 is 2.48 bits per heavy atom. The van der Waals surface area contributed by atoms with Gasteiger partial charge in [0.2, 0.25) is 0 Å². The molecule has 0 fully saturated rings. The van der Waals surface area contributed by atoms with E-state index in [1.165, 1.54) is 18.2 Å². The molecule has 3 aromatic rings. The molecule has 0 aliphatic rings. The lowest BCUT2D eigenvalue weighted by Gasteiger charge is -2.11. The first-order valence-electron chi connectivity index (χ1n) is 8.62. The van der Waals surface area contributed by atoms with E-state index in [-0.39, 0.29) is 23.7 Å². The van der Waals surface area contributed by atoms with Gasteiger partial charge in [-0.2, -0.15) is 0 Å². The Bertz CT molecular complexity index is 1040. The predicted octanol–water partition coefficient (Wildman–Crippen LogP) is 5.48. The molecule has 3 rings (SSSR count). The quantitative estimate of drug-likeness (QED) is 0.375. The number of carbonyl (C=O) groups excluding carboxylic acids is 1. The number of nitrogens with zero attached hydrogens (tertiary/aromatic N) is 1. The van der Waals surface area contributed by atoms with E-state index in [0.717, 1.165) is 10.0 Å². The Morgan fingerprint density at radius 2 is 1.79 bits per heavy atom. The van der Waals surface area contributed by atoms with Gasteiger partial charge in [-0.3, -0.25) is 14.9 Å². The van der Waals surface area contributed by atoms with Crippen molar-refractivity contribution in [1.29, 1.82) is 0 Å². The lowest BCUT2D eigenvalue weighted by atomic mass is 10.2. The highest BCUT2D eigenvalue weighted by Crippen LogP contribution is 2.30. The minimum absolute atomic E-state index is 0.199. The third kappa shape index (κ3) is 5.79. The molecular weight excluding hydrogens is 440 g/mol. The molecule has 0 heterocycles. The molecular formula is C21H17BrN2O5. The zero-order valence-electron chi connectivity index (χ0n) is 15.4. The molecule has 0 aliphatic carbocycles. The number of non-ortho nitro benzene ring substituents is 1. The Kier molecular flexibility index (Phi) is 6.46. The van der Waals surface area contributed by atoms with Crippen molar-refractivity contribution < 1.29 is 19.2 Å². The van der Waals surface area contributed by atoms with Crippen molar-refractivity contribution in [2.75, 3.05) is 11.9 Å². The maximum Gasteiger partial charge on any atom is 0.275 e.